The maximum atomic E-state index is 9.35. The summed E-state index contributed by atoms with van der Waals surface area (Å²) in [5.41, 5.74) is -0.763. The summed E-state index contributed by atoms with van der Waals surface area (Å²) in [6, 6.07) is 0. The van der Waals surface area contributed by atoms with Crippen LogP contribution in [0.5, 0.6) is 0 Å². The van der Waals surface area contributed by atoms with E-state index in [2.05, 4.69) is 0 Å². The van der Waals surface area contributed by atoms with Gasteiger partial charge in [-0.05, 0) is 11.9 Å². The van der Waals surface area contributed by atoms with Gasteiger partial charge in [-0.1, -0.05) is 0 Å². The quantitative estimate of drug-likeness (QED) is 0.325. The molecule has 0 aromatic rings. The Hall–Kier alpha value is 0.110. The summed E-state index contributed by atoms with van der Waals surface area (Å²) >= 11 is 0.751. The van der Waals surface area contributed by atoms with E-state index in [0.29, 0.717) is 0 Å². The molecule has 0 bridgehead atoms. The lowest BCUT2D eigenvalue weighted by atomic mass is 10.1. The Balaban J connectivity index is 2.60. The lowest BCUT2D eigenvalue weighted by Crippen LogP contribution is -2.40. The van der Waals surface area contributed by atoms with Crippen LogP contribution in [0.25, 0.3) is 0 Å². The highest BCUT2D eigenvalue weighted by Gasteiger charge is 2.45. The largest absolute Gasteiger partial charge is 0.394 e. The predicted molar refractivity (Wildman–Crippen MR) is 45.5 cm³/mol. The third-order valence-electron chi connectivity index (χ3n) is 1.96. The molecule has 0 amide bonds. The van der Waals surface area contributed by atoms with Crippen molar-refractivity contribution in [3.05, 3.63) is 0 Å². The maximum Gasteiger partial charge on any atom is 0.145 e. The van der Waals surface area contributed by atoms with Gasteiger partial charge >= 0.3 is 0 Å². The van der Waals surface area contributed by atoms with Gasteiger partial charge in [-0.2, -0.15) is 0 Å². The van der Waals surface area contributed by atoms with Crippen LogP contribution in [-0.2, 0) is 4.74 Å². The number of ether oxygens (including phenoxy) is 1. The van der Waals surface area contributed by atoms with Crippen LogP contribution in [-0.4, -0.2) is 56.9 Å². The van der Waals surface area contributed by atoms with Gasteiger partial charge in [0, 0.05) is 0 Å². The van der Waals surface area contributed by atoms with Crippen LogP contribution in [0.3, 0.4) is 0 Å². The molecule has 1 aliphatic rings. The van der Waals surface area contributed by atoms with E-state index in [4.69, 9.17) is 20.1 Å². The second-order valence-corrected chi connectivity index (χ2v) is 3.57. The van der Waals surface area contributed by atoms with E-state index in [1.807, 2.05) is 0 Å². The van der Waals surface area contributed by atoms with Gasteiger partial charge in [0.1, 0.15) is 29.9 Å². The average Bonchev–Trinajstić information content (AvgIpc) is 2.43. The molecule has 1 fully saturated rings. The molecule has 0 aromatic carbocycles. The minimum absolute atomic E-state index is 0.531. The van der Waals surface area contributed by atoms with Gasteiger partial charge in [0.05, 0.1) is 6.61 Å². The van der Waals surface area contributed by atoms with Crippen LogP contribution < -0.4 is 5.14 Å². The molecule has 6 nitrogen and oxygen atoms in total. The summed E-state index contributed by atoms with van der Waals surface area (Å²) in [6.07, 6.45) is -4.55. The number of nitrogens with two attached hydrogens (primary N) is 1. The normalized spacial score (nSPS) is 42.2. The first-order valence-corrected chi connectivity index (χ1v) is 4.72. The third kappa shape index (κ3) is 2.13. The third-order valence-corrected chi connectivity index (χ3v) is 2.62. The van der Waals surface area contributed by atoms with Gasteiger partial charge in [-0.15, -0.1) is 0 Å². The van der Waals surface area contributed by atoms with Crippen LogP contribution >= 0.6 is 11.9 Å². The molecule has 0 aliphatic carbocycles. The number of hydrogen-bond donors (Lipinski definition) is 5. The van der Waals surface area contributed by atoms with E-state index >= 15 is 0 Å². The first kappa shape index (κ1) is 11.2. The minimum atomic E-state index is -1.22. The molecular formula is C6H13NO5S. The van der Waals surface area contributed by atoms with Gasteiger partial charge in [-0.3, -0.25) is 5.14 Å². The summed E-state index contributed by atoms with van der Waals surface area (Å²) in [6.45, 7) is -0.531. The van der Waals surface area contributed by atoms with E-state index in [0.717, 1.165) is 11.9 Å². The summed E-state index contributed by atoms with van der Waals surface area (Å²) in [4.78, 5) is 0. The fourth-order valence-electron chi connectivity index (χ4n) is 1.21. The zero-order valence-electron chi connectivity index (χ0n) is 6.78. The Morgan fingerprint density at radius 3 is 2.38 bits per heavy atom. The maximum absolute atomic E-state index is 9.35. The second kappa shape index (κ2) is 4.56. The van der Waals surface area contributed by atoms with Crippen LogP contribution in [0, 0.1) is 0 Å². The molecule has 0 spiro atoms. The van der Waals surface area contributed by atoms with E-state index < -0.39 is 36.5 Å². The highest BCUT2D eigenvalue weighted by atomic mass is 32.2. The van der Waals surface area contributed by atoms with Crippen LogP contribution in [0.15, 0.2) is 0 Å². The molecule has 78 valence electrons. The van der Waals surface area contributed by atoms with Gasteiger partial charge < -0.3 is 25.2 Å². The molecule has 0 aromatic heterocycles. The van der Waals surface area contributed by atoms with E-state index in [1.54, 1.807) is 0 Å². The molecule has 6 N–H and O–H groups in total. The van der Waals surface area contributed by atoms with Crippen LogP contribution in [0.2, 0.25) is 0 Å². The Morgan fingerprint density at radius 2 is 2.00 bits per heavy atom. The minimum Gasteiger partial charge on any atom is -0.394 e. The molecule has 7 heteroatoms. The number of aliphatic hydroxyl groups excluding tert-OH is 4. The Labute approximate surface area is 79.4 Å². The van der Waals surface area contributed by atoms with Crippen molar-refractivity contribution in [2.75, 3.05) is 6.61 Å². The fourth-order valence-corrected chi connectivity index (χ4v) is 1.72. The number of aliphatic hydroxyl groups is 4. The summed E-state index contributed by atoms with van der Waals surface area (Å²) in [7, 11) is 0. The summed E-state index contributed by atoms with van der Waals surface area (Å²) in [5.74, 6) is 0. The molecule has 1 saturated heterocycles. The standard InChI is InChI=1S/C6H13NO5S/c7-13-6-4(11)3(10)5(12-6)2(9)1-8/h2-6,8-11H,1,7H2/t2-,3-,4-,5+,6+/m1/s1. The average molecular weight is 211 g/mol. The number of hydrogen-bond acceptors (Lipinski definition) is 7. The molecule has 1 rings (SSSR count). The van der Waals surface area contributed by atoms with Gasteiger partial charge in [-0.25, -0.2) is 0 Å². The van der Waals surface area contributed by atoms with Crippen molar-refractivity contribution >= 4 is 11.9 Å². The van der Waals surface area contributed by atoms with Gasteiger partial charge in [0.25, 0.3) is 0 Å². The van der Waals surface area contributed by atoms with E-state index in [-0.39, 0.29) is 0 Å². The first-order chi connectivity index (χ1) is 6.11. The van der Waals surface area contributed by atoms with Crippen molar-refractivity contribution in [1.82, 2.24) is 0 Å². The molecule has 1 aliphatic heterocycles. The SMILES string of the molecule is NS[C@@H]1O[C@@H]([C@H](O)CO)[C@H](O)[C@H]1O. The molecule has 5 atom stereocenters. The molecule has 0 saturated carbocycles. The molecule has 1 heterocycles. The fraction of sp³-hybridized carbons (Fsp3) is 1.00. The molecular weight excluding hydrogens is 198 g/mol. The zero-order chi connectivity index (χ0) is 10.0. The van der Waals surface area contributed by atoms with Crippen molar-refractivity contribution in [1.29, 1.82) is 0 Å². The van der Waals surface area contributed by atoms with Crippen LogP contribution in [0.4, 0.5) is 0 Å². The lowest BCUT2D eigenvalue weighted by molar-refractivity contribution is -0.0713. The Kier molecular flexibility index (Phi) is 3.92. The topological polar surface area (TPSA) is 116 Å². The molecule has 0 radical (unpaired) electrons. The van der Waals surface area contributed by atoms with Crippen molar-refractivity contribution in [3.63, 3.8) is 0 Å². The highest BCUT2D eigenvalue weighted by Crippen LogP contribution is 2.28. The second-order valence-electron chi connectivity index (χ2n) is 2.84. The van der Waals surface area contributed by atoms with Gasteiger partial charge in [0.2, 0.25) is 0 Å². The van der Waals surface area contributed by atoms with Crippen molar-refractivity contribution < 1.29 is 25.2 Å². The molecule has 13 heavy (non-hydrogen) atoms. The van der Waals surface area contributed by atoms with Crippen LogP contribution in [0.1, 0.15) is 0 Å². The smallest absolute Gasteiger partial charge is 0.145 e. The van der Waals surface area contributed by atoms with E-state index in [1.165, 1.54) is 0 Å². The summed E-state index contributed by atoms with van der Waals surface area (Å²) < 4.78 is 5.02. The van der Waals surface area contributed by atoms with Crippen molar-refractivity contribution in [2.24, 2.45) is 5.14 Å². The van der Waals surface area contributed by atoms with Gasteiger partial charge in [0.15, 0.2) is 0 Å². The Bertz CT molecular complexity index is 171. The summed E-state index contributed by atoms with van der Waals surface area (Å²) in [5, 5.41) is 41.6. The number of rotatable bonds is 3. The van der Waals surface area contributed by atoms with E-state index in [9.17, 15) is 10.2 Å². The zero-order valence-corrected chi connectivity index (χ0v) is 7.59. The lowest BCUT2D eigenvalue weighted by Gasteiger charge is -2.18. The molecule has 0 unspecified atom stereocenters. The predicted octanol–water partition coefficient (Wildman–Crippen LogP) is -2.61. The Morgan fingerprint density at radius 1 is 1.38 bits per heavy atom. The highest BCUT2D eigenvalue weighted by molar-refractivity contribution is 7.97. The monoisotopic (exact) mass is 211 g/mol. The first-order valence-electron chi connectivity index (χ1n) is 3.78. The van der Waals surface area contributed by atoms with Crippen molar-refractivity contribution in [3.8, 4) is 0 Å². The van der Waals surface area contributed by atoms with Crippen molar-refractivity contribution in [2.45, 2.75) is 29.9 Å².